The molecule has 1 fully saturated rings. The van der Waals surface area contributed by atoms with Gasteiger partial charge in [-0.15, -0.1) is 0 Å². The van der Waals surface area contributed by atoms with Gasteiger partial charge in [-0.1, -0.05) is 19.8 Å². The Hall–Kier alpha value is -0.0800. The van der Waals surface area contributed by atoms with Crippen LogP contribution in [0.15, 0.2) is 0 Å². The summed E-state index contributed by atoms with van der Waals surface area (Å²) >= 11 is 0. The molecule has 13 heavy (non-hydrogen) atoms. The highest BCUT2D eigenvalue weighted by Gasteiger charge is 2.18. The van der Waals surface area contributed by atoms with Crippen LogP contribution in [0.2, 0.25) is 0 Å². The van der Waals surface area contributed by atoms with Crippen molar-refractivity contribution in [3.8, 4) is 0 Å². The van der Waals surface area contributed by atoms with E-state index in [1.807, 2.05) is 0 Å². The quantitative estimate of drug-likeness (QED) is 0.667. The van der Waals surface area contributed by atoms with E-state index in [4.69, 9.17) is 10.5 Å². The Bertz CT molecular complexity index is 127. The van der Waals surface area contributed by atoms with E-state index in [0.29, 0.717) is 6.10 Å². The lowest BCUT2D eigenvalue weighted by Gasteiger charge is -2.26. The SMILES string of the molecule is CC1CCCC(OCCCCN)C1. The Morgan fingerprint density at radius 2 is 2.15 bits per heavy atom. The lowest BCUT2D eigenvalue weighted by atomic mass is 9.89. The van der Waals surface area contributed by atoms with Crippen molar-refractivity contribution in [2.24, 2.45) is 11.7 Å². The summed E-state index contributed by atoms with van der Waals surface area (Å²) < 4.78 is 5.80. The van der Waals surface area contributed by atoms with Gasteiger partial charge < -0.3 is 10.5 Å². The first kappa shape index (κ1) is 11.0. The minimum atomic E-state index is 0.543. The van der Waals surface area contributed by atoms with Crippen molar-refractivity contribution in [2.45, 2.75) is 51.6 Å². The molecule has 2 N–H and O–H groups in total. The van der Waals surface area contributed by atoms with Crippen LogP contribution in [0, 0.1) is 5.92 Å². The predicted molar refractivity (Wildman–Crippen MR) is 55.7 cm³/mol. The molecule has 0 aliphatic heterocycles. The number of hydrogen-bond donors (Lipinski definition) is 1. The molecule has 1 rings (SSSR count). The zero-order chi connectivity index (χ0) is 9.52. The summed E-state index contributed by atoms with van der Waals surface area (Å²) in [5.41, 5.74) is 5.41. The zero-order valence-corrected chi connectivity index (χ0v) is 8.80. The topological polar surface area (TPSA) is 35.2 Å². The van der Waals surface area contributed by atoms with Gasteiger partial charge in [-0.3, -0.25) is 0 Å². The number of rotatable bonds is 5. The molecule has 0 spiro atoms. The van der Waals surface area contributed by atoms with Crippen molar-refractivity contribution in [2.75, 3.05) is 13.2 Å². The highest BCUT2D eigenvalue weighted by molar-refractivity contribution is 4.70. The lowest BCUT2D eigenvalue weighted by Crippen LogP contribution is -2.22. The number of nitrogens with two attached hydrogens (primary N) is 1. The molecule has 1 aliphatic carbocycles. The molecule has 0 heterocycles. The summed E-state index contributed by atoms with van der Waals surface area (Å²) in [7, 11) is 0. The monoisotopic (exact) mass is 185 g/mol. The van der Waals surface area contributed by atoms with Crippen molar-refractivity contribution in [3.63, 3.8) is 0 Å². The van der Waals surface area contributed by atoms with Crippen LogP contribution in [0.25, 0.3) is 0 Å². The van der Waals surface area contributed by atoms with Crippen LogP contribution >= 0.6 is 0 Å². The van der Waals surface area contributed by atoms with Crippen LogP contribution in [0.4, 0.5) is 0 Å². The molecule has 2 atom stereocenters. The van der Waals surface area contributed by atoms with Gasteiger partial charge in [0.2, 0.25) is 0 Å². The van der Waals surface area contributed by atoms with Gasteiger partial charge in [-0.05, 0) is 38.1 Å². The van der Waals surface area contributed by atoms with Crippen LogP contribution < -0.4 is 5.73 Å². The smallest absolute Gasteiger partial charge is 0.0577 e. The largest absolute Gasteiger partial charge is 0.378 e. The van der Waals surface area contributed by atoms with Crippen molar-refractivity contribution in [1.29, 1.82) is 0 Å². The molecule has 2 nitrogen and oxygen atoms in total. The fourth-order valence-electron chi connectivity index (χ4n) is 2.03. The highest BCUT2D eigenvalue weighted by Crippen LogP contribution is 2.25. The third-order valence-corrected chi connectivity index (χ3v) is 2.84. The second kappa shape index (κ2) is 6.39. The molecule has 2 unspecified atom stereocenters. The maximum atomic E-state index is 5.80. The molecular formula is C11H23NO. The van der Waals surface area contributed by atoms with Crippen molar-refractivity contribution in [1.82, 2.24) is 0 Å². The van der Waals surface area contributed by atoms with E-state index in [-0.39, 0.29) is 0 Å². The Kier molecular flexibility index (Phi) is 5.40. The van der Waals surface area contributed by atoms with Crippen LogP contribution in [-0.4, -0.2) is 19.3 Å². The number of ether oxygens (including phenoxy) is 1. The molecular weight excluding hydrogens is 162 g/mol. The molecule has 1 saturated carbocycles. The zero-order valence-electron chi connectivity index (χ0n) is 8.80. The van der Waals surface area contributed by atoms with E-state index in [1.54, 1.807) is 0 Å². The number of hydrogen-bond acceptors (Lipinski definition) is 2. The molecule has 2 heteroatoms. The third-order valence-electron chi connectivity index (χ3n) is 2.84. The molecule has 0 amide bonds. The average molecular weight is 185 g/mol. The Morgan fingerprint density at radius 3 is 2.85 bits per heavy atom. The average Bonchev–Trinajstić information content (AvgIpc) is 2.13. The van der Waals surface area contributed by atoms with Gasteiger partial charge in [-0.2, -0.15) is 0 Å². The van der Waals surface area contributed by atoms with Crippen molar-refractivity contribution < 1.29 is 4.74 Å². The first-order chi connectivity index (χ1) is 6.33. The van der Waals surface area contributed by atoms with Crippen molar-refractivity contribution in [3.05, 3.63) is 0 Å². The van der Waals surface area contributed by atoms with Gasteiger partial charge in [-0.25, -0.2) is 0 Å². The van der Waals surface area contributed by atoms with Gasteiger partial charge in [0.25, 0.3) is 0 Å². The van der Waals surface area contributed by atoms with Crippen molar-refractivity contribution >= 4 is 0 Å². The molecule has 0 aromatic rings. The van der Waals surface area contributed by atoms with Gasteiger partial charge in [0.05, 0.1) is 6.10 Å². The summed E-state index contributed by atoms with van der Waals surface area (Å²) in [6, 6.07) is 0. The highest BCUT2D eigenvalue weighted by atomic mass is 16.5. The van der Waals surface area contributed by atoms with E-state index in [1.165, 1.54) is 25.7 Å². The van der Waals surface area contributed by atoms with Gasteiger partial charge in [0.15, 0.2) is 0 Å². The molecule has 0 saturated heterocycles. The maximum Gasteiger partial charge on any atom is 0.0577 e. The minimum absolute atomic E-state index is 0.543. The Labute approximate surface area is 81.8 Å². The lowest BCUT2D eigenvalue weighted by molar-refractivity contribution is 0.0141. The summed E-state index contributed by atoms with van der Waals surface area (Å²) in [6.45, 7) is 4.04. The molecule has 1 aliphatic rings. The van der Waals surface area contributed by atoms with Crippen LogP contribution in [-0.2, 0) is 4.74 Å². The van der Waals surface area contributed by atoms with Gasteiger partial charge in [0.1, 0.15) is 0 Å². The summed E-state index contributed by atoms with van der Waals surface area (Å²) in [5, 5.41) is 0. The Balaban J connectivity index is 2.00. The Morgan fingerprint density at radius 1 is 1.31 bits per heavy atom. The summed E-state index contributed by atoms with van der Waals surface area (Å²) in [4.78, 5) is 0. The normalized spacial score (nSPS) is 29.1. The molecule has 0 radical (unpaired) electrons. The predicted octanol–water partition coefficient (Wildman–Crippen LogP) is 2.32. The van der Waals surface area contributed by atoms with E-state index in [0.717, 1.165) is 31.9 Å². The molecule has 78 valence electrons. The van der Waals surface area contributed by atoms with E-state index in [2.05, 4.69) is 6.92 Å². The van der Waals surface area contributed by atoms with Gasteiger partial charge in [0, 0.05) is 6.61 Å². The van der Waals surface area contributed by atoms with E-state index >= 15 is 0 Å². The van der Waals surface area contributed by atoms with Crippen LogP contribution in [0.3, 0.4) is 0 Å². The summed E-state index contributed by atoms with van der Waals surface area (Å²) in [6.07, 6.45) is 8.05. The minimum Gasteiger partial charge on any atom is -0.378 e. The van der Waals surface area contributed by atoms with E-state index < -0.39 is 0 Å². The van der Waals surface area contributed by atoms with Crippen LogP contribution in [0.1, 0.15) is 45.4 Å². The molecule has 0 bridgehead atoms. The first-order valence-electron chi connectivity index (χ1n) is 5.64. The van der Waals surface area contributed by atoms with Crippen LogP contribution in [0.5, 0.6) is 0 Å². The van der Waals surface area contributed by atoms with E-state index in [9.17, 15) is 0 Å². The number of unbranched alkanes of at least 4 members (excludes halogenated alkanes) is 1. The standard InChI is InChI=1S/C11H23NO/c1-10-5-4-6-11(9-10)13-8-3-2-7-12/h10-11H,2-9,12H2,1H3. The second-order valence-corrected chi connectivity index (χ2v) is 4.26. The maximum absolute atomic E-state index is 5.80. The first-order valence-corrected chi connectivity index (χ1v) is 5.64. The summed E-state index contributed by atoms with van der Waals surface area (Å²) in [5.74, 6) is 0.869. The third kappa shape index (κ3) is 4.63. The fourth-order valence-corrected chi connectivity index (χ4v) is 2.03. The molecule has 0 aromatic heterocycles. The fraction of sp³-hybridized carbons (Fsp3) is 1.00. The molecule has 0 aromatic carbocycles. The second-order valence-electron chi connectivity index (χ2n) is 4.26. The van der Waals surface area contributed by atoms with Gasteiger partial charge >= 0.3 is 0 Å².